The van der Waals surface area contributed by atoms with Gasteiger partial charge in [-0.1, -0.05) is 54.6 Å². The highest BCUT2D eigenvalue weighted by Gasteiger charge is 2.21. The van der Waals surface area contributed by atoms with Gasteiger partial charge in [0, 0.05) is 0 Å². The van der Waals surface area contributed by atoms with E-state index in [4.69, 9.17) is 0 Å². The number of benzene rings is 2. The zero-order valence-corrected chi connectivity index (χ0v) is 9.56. The summed E-state index contributed by atoms with van der Waals surface area (Å²) in [5.41, 5.74) is 6.11. The van der Waals surface area contributed by atoms with E-state index in [9.17, 15) is 5.11 Å². The van der Waals surface area contributed by atoms with Crippen LogP contribution in [-0.4, -0.2) is 11.7 Å². The standard InChI is InChI=1S/C16H14O/c17-11-14-10-13-8-4-5-9-15(13)16(14)12-6-2-1-3-7-12/h1-9,17H,10-11H2. The maximum atomic E-state index is 9.51. The van der Waals surface area contributed by atoms with Crippen LogP contribution in [0.15, 0.2) is 60.2 Å². The van der Waals surface area contributed by atoms with Gasteiger partial charge >= 0.3 is 0 Å². The number of hydrogen-bond acceptors (Lipinski definition) is 1. The van der Waals surface area contributed by atoms with Crippen molar-refractivity contribution in [1.29, 1.82) is 0 Å². The molecule has 0 atom stereocenters. The van der Waals surface area contributed by atoms with Crippen molar-refractivity contribution in [3.63, 3.8) is 0 Å². The van der Waals surface area contributed by atoms with Crippen LogP contribution in [0.5, 0.6) is 0 Å². The Morgan fingerprint density at radius 1 is 0.882 bits per heavy atom. The summed E-state index contributed by atoms with van der Waals surface area (Å²) in [5, 5.41) is 9.51. The molecule has 0 spiro atoms. The van der Waals surface area contributed by atoms with Crippen LogP contribution in [0.3, 0.4) is 0 Å². The van der Waals surface area contributed by atoms with Gasteiger partial charge in [0.1, 0.15) is 0 Å². The minimum atomic E-state index is 0.138. The van der Waals surface area contributed by atoms with E-state index in [0.29, 0.717) is 0 Å². The molecule has 2 aromatic carbocycles. The van der Waals surface area contributed by atoms with E-state index in [1.807, 2.05) is 18.2 Å². The number of aliphatic hydroxyl groups excluding tert-OH is 1. The van der Waals surface area contributed by atoms with E-state index in [1.165, 1.54) is 22.3 Å². The van der Waals surface area contributed by atoms with Crippen molar-refractivity contribution >= 4 is 5.57 Å². The molecule has 84 valence electrons. The molecule has 1 N–H and O–H groups in total. The summed E-state index contributed by atoms with van der Waals surface area (Å²) < 4.78 is 0. The topological polar surface area (TPSA) is 20.2 Å². The quantitative estimate of drug-likeness (QED) is 0.828. The van der Waals surface area contributed by atoms with E-state index in [-0.39, 0.29) is 6.61 Å². The summed E-state index contributed by atoms with van der Waals surface area (Å²) in [6, 6.07) is 18.7. The molecule has 0 saturated carbocycles. The van der Waals surface area contributed by atoms with Crippen molar-refractivity contribution in [1.82, 2.24) is 0 Å². The fourth-order valence-corrected chi connectivity index (χ4v) is 2.53. The monoisotopic (exact) mass is 222 g/mol. The van der Waals surface area contributed by atoms with Gasteiger partial charge in [0.05, 0.1) is 6.61 Å². The first kappa shape index (κ1) is 10.3. The fourth-order valence-electron chi connectivity index (χ4n) is 2.53. The van der Waals surface area contributed by atoms with E-state index in [2.05, 4.69) is 36.4 Å². The second kappa shape index (κ2) is 4.19. The lowest BCUT2D eigenvalue weighted by Crippen LogP contribution is -1.93. The lowest BCUT2D eigenvalue weighted by atomic mass is 9.98. The van der Waals surface area contributed by atoms with Crippen molar-refractivity contribution in [2.45, 2.75) is 6.42 Å². The molecule has 1 aliphatic rings. The Bertz CT molecular complexity index is 567. The molecule has 0 radical (unpaired) electrons. The highest BCUT2D eigenvalue weighted by Crippen LogP contribution is 2.36. The van der Waals surface area contributed by atoms with Gasteiger partial charge in [0.2, 0.25) is 0 Å². The van der Waals surface area contributed by atoms with Crippen LogP contribution in [-0.2, 0) is 6.42 Å². The van der Waals surface area contributed by atoms with Gasteiger partial charge in [0.15, 0.2) is 0 Å². The van der Waals surface area contributed by atoms with Crippen LogP contribution >= 0.6 is 0 Å². The number of hydrogen-bond donors (Lipinski definition) is 1. The molecule has 0 saturated heterocycles. The molecule has 0 fully saturated rings. The third kappa shape index (κ3) is 1.69. The summed E-state index contributed by atoms with van der Waals surface area (Å²) >= 11 is 0. The van der Waals surface area contributed by atoms with Gasteiger partial charge in [-0.15, -0.1) is 0 Å². The third-order valence-electron chi connectivity index (χ3n) is 3.30. The Balaban J connectivity index is 2.19. The van der Waals surface area contributed by atoms with E-state index < -0.39 is 0 Å². The lowest BCUT2D eigenvalue weighted by Gasteiger charge is -2.07. The van der Waals surface area contributed by atoms with Crippen molar-refractivity contribution in [2.75, 3.05) is 6.61 Å². The summed E-state index contributed by atoms with van der Waals surface area (Å²) in [7, 11) is 0. The van der Waals surface area contributed by atoms with E-state index >= 15 is 0 Å². The number of fused-ring (bicyclic) bond motifs is 1. The molecule has 0 aliphatic heterocycles. The van der Waals surface area contributed by atoms with Crippen LogP contribution in [0.2, 0.25) is 0 Å². The Labute approximate surface area is 101 Å². The predicted molar refractivity (Wildman–Crippen MR) is 69.7 cm³/mol. The Kier molecular flexibility index (Phi) is 2.54. The molecule has 0 aromatic heterocycles. The molecule has 0 amide bonds. The maximum absolute atomic E-state index is 9.51. The second-order valence-electron chi connectivity index (χ2n) is 4.34. The Morgan fingerprint density at radius 3 is 2.35 bits per heavy atom. The van der Waals surface area contributed by atoms with Gasteiger partial charge in [-0.05, 0) is 34.3 Å². The highest BCUT2D eigenvalue weighted by molar-refractivity contribution is 5.87. The minimum absolute atomic E-state index is 0.138. The number of rotatable bonds is 2. The molecule has 0 heterocycles. The van der Waals surface area contributed by atoms with Gasteiger partial charge in [-0.2, -0.15) is 0 Å². The summed E-state index contributed by atoms with van der Waals surface area (Å²) in [6.45, 7) is 0.138. The van der Waals surface area contributed by atoms with Crippen molar-refractivity contribution in [2.24, 2.45) is 0 Å². The summed E-state index contributed by atoms with van der Waals surface area (Å²) in [5.74, 6) is 0. The molecule has 1 nitrogen and oxygen atoms in total. The molecular formula is C16H14O. The molecule has 2 aromatic rings. The van der Waals surface area contributed by atoms with Gasteiger partial charge < -0.3 is 5.11 Å². The molecule has 1 heteroatoms. The van der Waals surface area contributed by atoms with Crippen LogP contribution in [0.1, 0.15) is 16.7 Å². The van der Waals surface area contributed by atoms with Gasteiger partial charge in [0.25, 0.3) is 0 Å². The summed E-state index contributed by atoms with van der Waals surface area (Å²) in [4.78, 5) is 0. The van der Waals surface area contributed by atoms with E-state index in [1.54, 1.807) is 0 Å². The molecule has 0 unspecified atom stereocenters. The first-order chi connectivity index (χ1) is 8.40. The smallest absolute Gasteiger partial charge is 0.0654 e. The lowest BCUT2D eigenvalue weighted by molar-refractivity contribution is 0.330. The first-order valence-electron chi connectivity index (χ1n) is 5.86. The summed E-state index contributed by atoms with van der Waals surface area (Å²) in [6.07, 6.45) is 0.872. The van der Waals surface area contributed by atoms with E-state index in [0.717, 1.165) is 12.0 Å². The van der Waals surface area contributed by atoms with Crippen LogP contribution in [0.4, 0.5) is 0 Å². The van der Waals surface area contributed by atoms with Crippen molar-refractivity contribution in [3.05, 3.63) is 76.9 Å². The Hall–Kier alpha value is -1.86. The van der Waals surface area contributed by atoms with Gasteiger partial charge in [-0.25, -0.2) is 0 Å². The van der Waals surface area contributed by atoms with Crippen molar-refractivity contribution < 1.29 is 5.11 Å². The molecule has 1 aliphatic carbocycles. The maximum Gasteiger partial charge on any atom is 0.0654 e. The molecule has 17 heavy (non-hydrogen) atoms. The van der Waals surface area contributed by atoms with Crippen LogP contribution in [0, 0.1) is 0 Å². The largest absolute Gasteiger partial charge is 0.392 e. The molecular weight excluding hydrogens is 208 g/mol. The fraction of sp³-hybridized carbons (Fsp3) is 0.125. The normalized spacial score (nSPS) is 13.9. The van der Waals surface area contributed by atoms with Crippen LogP contribution in [0.25, 0.3) is 5.57 Å². The Morgan fingerprint density at radius 2 is 1.59 bits per heavy atom. The molecule has 3 rings (SSSR count). The van der Waals surface area contributed by atoms with Gasteiger partial charge in [-0.3, -0.25) is 0 Å². The average Bonchev–Trinajstić information content (AvgIpc) is 2.78. The second-order valence-corrected chi connectivity index (χ2v) is 4.34. The number of aliphatic hydroxyl groups is 1. The highest BCUT2D eigenvalue weighted by atomic mass is 16.3. The third-order valence-corrected chi connectivity index (χ3v) is 3.30. The zero-order valence-electron chi connectivity index (χ0n) is 9.56. The predicted octanol–water partition coefficient (Wildman–Crippen LogP) is 3.04. The zero-order chi connectivity index (χ0) is 11.7. The first-order valence-corrected chi connectivity index (χ1v) is 5.86. The molecule has 0 bridgehead atoms. The minimum Gasteiger partial charge on any atom is -0.392 e. The van der Waals surface area contributed by atoms with Crippen molar-refractivity contribution in [3.8, 4) is 0 Å². The SMILES string of the molecule is OCC1=C(c2ccccc2)c2ccccc2C1. The average molecular weight is 222 g/mol. The van der Waals surface area contributed by atoms with Crippen LogP contribution < -0.4 is 0 Å².